The number of phenolic OH excluding ortho intramolecular Hbond substituents is 1. The lowest BCUT2D eigenvalue weighted by Crippen LogP contribution is -2.51. The number of aliphatic hydroxyl groups excluding tert-OH is 1. The number of nitrogens with zero attached hydrogens (tertiary/aromatic N) is 2. The summed E-state index contributed by atoms with van der Waals surface area (Å²) in [5.41, 5.74) is 23.2. The Labute approximate surface area is 361 Å². The van der Waals surface area contributed by atoms with Crippen molar-refractivity contribution in [1.82, 2.24) is 25.9 Å². The van der Waals surface area contributed by atoms with Crippen LogP contribution in [0.15, 0.2) is 41.8 Å². The maximum atomic E-state index is 14.2. The van der Waals surface area contributed by atoms with Crippen LogP contribution in [-0.2, 0) is 51.2 Å². The number of imidazole rings is 1. The van der Waals surface area contributed by atoms with E-state index < -0.39 is 120 Å². The number of aromatic hydroxyl groups is 1. The third-order valence-corrected chi connectivity index (χ3v) is 10.6. The first-order chi connectivity index (χ1) is 29.1. The normalized spacial score (nSPS) is 15.1. The van der Waals surface area contributed by atoms with Crippen molar-refractivity contribution in [3.8, 4) is 5.75 Å². The van der Waals surface area contributed by atoms with Gasteiger partial charge in [0.15, 0.2) is 23.3 Å². The fraction of sp³-hybridized carbons (Fsp3) is 0.571. The largest absolute Gasteiger partial charge is 0.508 e. The van der Waals surface area contributed by atoms with Gasteiger partial charge in [-0.05, 0) is 49.8 Å². The molecule has 0 radical (unpaired) electrons. The molecule has 0 fully saturated rings. The van der Waals surface area contributed by atoms with E-state index in [4.69, 9.17) is 22.9 Å². The van der Waals surface area contributed by atoms with Crippen LogP contribution in [0.3, 0.4) is 0 Å². The molecular weight excluding hydrogens is 805 g/mol. The minimum Gasteiger partial charge on any atom is -0.508 e. The standard InChI is InChI=1S/C42H64N10O10/c1-6-23(4)36(33(56)17-27(38(44)59)15-29-20-47-21-49-29)51-41(62)28(14-25-9-11-30(54)12-10-25)18-32(55)31(19-35(43)58)50-40(61)26(8-7-13-48-42(45)46)16-34(57)37(24(5)53)52-39(60)22(2)3/h9-12,20-24,26-28,31,36-37,53-54H,6-8,13-19H2,1-5H3,(H2,43,58)(H2,44,59)(H,47,49)(H,50,61)(H,51,62)(H,52,60)(H4,45,46,48)/t23-,24+,26+,27+,28+,31-,36-,37-/m0/s1. The molecule has 0 saturated heterocycles. The smallest absolute Gasteiger partial charge is 0.224 e. The lowest BCUT2D eigenvalue weighted by Gasteiger charge is -2.28. The van der Waals surface area contributed by atoms with Gasteiger partial charge in [-0.15, -0.1) is 0 Å². The average molecular weight is 869 g/mol. The second-order valence-corrected chi connectivity index (χ2v) is 16.1. The maximum absolute atomic E-state index is 14.2. The number of carbonyl (C=O) groups is 8. The van der Waals surface area contributed by atoms with Crippen molar-refractivity contribution in [2.45, 2.75) is 117 Å². The zero-order valence-corrected chi connectivity index (χ0v) is 36.1. The quantitative estimate of drug-likeness (QED) is 0.0283. The van der Waals surface area contributed by atoms with E-state index in [1.54, 1.807) is 32.9 Å². The second-order valence-electron chi connectivity index (χ2n) is 16.1. The Kier molecular flexibility index (Phi) is 21.4. The fourth-order valence-corrected chi connectivity index (χ4v) is 6.68. The Bertz CT molecular complexity index is 1860. The highest BCUT2D eigenvalue weighted by Gasteiger charge is 2.36. The number of aliphatic hydroxyl groups is 1. The number of phenols is 1. The first-order valence-corrected chi connectivity index (χ1v) is 20.7. The SMILES string of the molecule is CC[C@H](C)[C@H](NC(=O)[C@@H](CC(=O)[C@H](CC(N)=O)NC(=O)[C@H](CCCN=C(N)N)CC(=O)[C@@H](NC(=O)C(C)C)[C@@H](C)O)Cc1ccc(O)cc1)C(=O)C[C@@H](Cc1cnc[nH]1)C(N)=O. The number of aromatic amines is 1. The number of aromatic nitrogens is 2. The number of guanidine groups is 1. The number of aliphatic imine (C=N–C) groups is 1. The van der Waals surface area contributed by atoms with Gasteiger partial charge in [-0.2, -0.15) is 0 Å². The summed E-state index contributed by atoms with van der Waals surface area (Å²) in [6.07, 6.45) is 0.266. The number of hydrogen-bond donors (Lipinski definition) is 10. The van der Waals surface area contributed by atoms with Crippen LogP contribution in [0.5, 0.6) is 5.75 Å². The van der Waals surface area contributed by atoms with E-state index in [0.29, 0.717) is 17.7 Å². The zero-order valence-electron chi connectivity index (χ0n) is 36.1. The number of nitrogens with two attached hydrogens (primary N) is 4. The highest BCUT2D eigenvalue weighted by Crippen LogP contribution is 2.22. The molecule has 0 unspecified atom stereocenters. The fourth-order valence-electron chi connectivity index (χ4n) is 6.68. The Morgan fingerprint density at radius 1 is 0.742 bits per heavy atom. The molecule has 2 aromatic rings. The lowest BCUT2D eigenvalue weighted by molar-refractivity contribution is -0.137. The summed E-state index contributed by atoms with van der Waals surface area (Å²) in [6, 6.07) is 1.85. The first kappa shape index (κ1) is 52.0. The summed E-state index contributed by atoms with van der Waals surface area (Å²) in [4.78, 5) is 118. The van der Waals surface area contributed by atoms with Crippen molar-refractivity contribution < 1.29 is 48.6 Å². The highest BCUT2D eigenvalue weighted by molar-refractivity contribution is 5.98. The van der Waals surface area contributed by atoms with Crippen LogP contribution in [0.4, 0.5) is 0 Å². The van der Waals surface area contributed by atoms with Crippen LogP contribution >= 0.6 is 0 Å². The summed E-state index contributed by atoms with van der Waals surface area (Å²) in [6.45, 7) is 8.15. The van der Waals surface area contributed by atoms with Crippen LogP contribution in [0, 0.1) is 29.6 Å². The summed E-state index contributed by atoms with van der Waals surface area (Å²) >= 11 is 0. The lowest BCUT2D eigenvalue weighted by atomic mass is 9.86. The third kappa shape index (κ3) is 17.8. The predicted molar refractivity (Wildman–Crippen MR) is 228 cm³/mol. The zero-order chi connectivity index (χ0) is 46.7. The third-order valence-electron chi connectivity index (χ3n) is 10.6. The van der Waals surface area contributed by atoms with Gasteiger partial charge in [0, 0.05) is 61.9 Å². The van der Waals surface area contributed by atoms with Gasteiger partial charge >= 0.3 is 0 Å². The number of nitrogens with one attached hydrogen (secondary N) is 4. The number of Topliss-reactive ketones (excluding diaryl/α,β-unsaturated/α-hetero) is 3. The number of hydrogen-bond acceptors (Lipinski definition) is 12. The molecule has 0 aliphatic heterocycles. The number of benzene rings is 1. The van der Waals surface area contributed by atoms with Crippen molar-refractivity contribution >= 4 is 52.8 Å². The van der Waals surface area contributed by atoms with Crippen LogP contribution < -0.4 is 38.9 Å². The second kappa shape index (κ2) is 25.6. The van der Waals surface area contributed by atoms with Crippen LogP contribution in [0.2, 0.25) is 0 Å². The van der Waals surface area contributed by atoms with Gasteiger partial charge in [-0.25, -0.2) is 4.98 Å². The topological polar surface area (TPSA) is 358 Å². The molecule has 0 saturated carbocycles. The summed E-state index contributed by atoms with van der Waals surface area (Å²) in [5.74, 6) is -10.1. The maximum Gasteiger partial charge on any atom is 0.224 e. The van der Waals surface area contributed by atoms with Crippen molar-refractivity contribution in [3.05, 3.63) is 48.0 Å². The molecule has 20 heteroatoms. The Morgan fingerprint density at radius 3 is 1.85 bits per heavy atom. The van der Waals surface area contributed by atoms with Gasteiger partial charge in [-0.1, -0.05) is 46.2 Å². The number of primary amides is 2. The number of ketones is 3. The number of carbonyl (C=O) groups excluding carboxylic acids is 8. The van der Waals surface area contributed by atoms with Gasteiger partial charge in [-0.3, -0.25) is 43.3 Å². The molecule has 1 aromatic carbocycles. The molecule has 62 heavy (non-hydrogen) atoms. The van der Waals surface area contributed by atoms with Gasteiger partial charge < -0.3 is 54.1 Å². The first-order valence-electron chi connectivity index (χ1n) is 20.7. The minimum atomic E-state index is -1.57. The Morgan fingerprint density at radius 2 is 1.32 bits per heavy atom. The number of amides is 5. The van der Waals surface area contributed by atoms with Gasteiger partial charge in [0.25, 0.3) is 0 Å². The van der Waals surface area contributed by atoms with Crippen molar-refractivity contribution in [1.29, 1.82) is 0 Å². The van der Waals surface area contributed by atoms with E-state index in [0.717, 1.165) is 0 Å². The molecular formula is C42H64N10O10. The number of rotatable bonds is 29. The predicted octanol–water partition coefficient (Wildman–Crippen LogP) is -0.422. The molecule has 0 aliphatic carbocycles. The molecule has 2 rings (SSSR count). The highest BCUT2D eigenvalue weighted by atomic mass is 16.3. The molecule has 0 spiro atoms. The molecule has 5 amide bonds. The van der Waals surface area contributed by atoms with Crippen LogP contribution in [0.1, 0.15) is 90.8 Å². The molecule has 8 atom stereocenters. The van der Waals surface area contributed by atoms with E-state index >= 15 is 0 Å². The molecule has 14 N–H and O–H groups in total. The van der Waals surface area contributed by atoms with Gasteiger partial charge in [0.05, 0.1) is 36.9 Å². The summed E-state index contributed by atoms with van der Waals surface area (Å²) in [5, 5.41) is 28.1. The molecule has 0 aliphatic rings. The summed E-state index contributed by atoms with van der Waals surface area (Å²) in [7, 11) is 0. The van der Waals surface area contributed by atoms with Crippen molar-refractivity contribution in [3.63, 3.8) is 0 Å². The Balaban J connectivity index is 2.46. The molecule has 342 valence electrons. The molecule has 20 nitrogen and oxygen atoms in total. The van der Waals surface area contributed by atoms with Crippen LogP contribution in [0.25, 0.3) is 0 Å². The van der Waals surface area contributed by atoms with E-state index in [2.05, 4.69) is 30.9 Å². The van der Waals surface area contributed by atoms with E-state index in [9.17, 15) is 48.6 Å². The van der Waals surface area contributed by atoms with Crippen molar-refractivity contribution in [2.75, 3.05) is 6.54 Å². The molecule has 1 heterocycles. The van der Waals surface area contributed by atoms with E-state index in [-0.39, 0.29) is 50.4 Å². The van der Waals surface area contributed by atoms with E-state index in [1.807, 2.05) is 6.92 Å². The number of H-pyrrole nitrogens is 1. The van der Waals surface area contributed by atoms with Crippen molar-refractivity contribution in [2.24, 2.45) is 57.5 Å². The minimum absolute atomic E-state index is 0.00586. The van der Waals surface area contributed by atoms with E-state index in [1.165, 1.54) is 31.6 Å². The monoisotopic (exact) mass is 868 g/mol. The van der Waals surface area contributed by atoms with Crippen LogP contribution in [-0.4, -0.2) is 104 Å². The molecule has 1 aromatic heterocycles. The van der Waals surface area contributed by atoms with Gasteiger partial charge in [0.1, 0.15) is 11.8 Å². The molecule has 0 bridgehead atoms. The van der Waals surface area contributed by atoms with Gasteiger partial charge in [0.2, 0.25) is 29.5 Å². The Hall–Kier alpha value is -6.18. The summed E-state index contributed by atoms with van der Waals surface area (Å²) < 4.78 is 0. The average Bonchev–Trinajstić information content (AvgIpc) is 3.72.